The molecular formula is C57H67N5O10. The van der Waals surface area contributed by atoms with Crippen LogP contribution in [0, 0.1) is 6.92 Å². The minimum Gasteiger partial charge on any atom is -0.493 e. The van der Waals surface area contributed by atoms with Crippen LogP contribution in [0.4, 0.5) is 28.4 Å². The number of nitrogens with zero attached hydrogens (tertiary/aromatic N) is 5. The molecule has 4 aliphatic heterocycles. The summed E-state index contributed by atoms with van der Waals surface area (Å²) in [6.07, 6.45) is 2.68. The van der Waals surface area contributed by atoms with Gasteiger partial charge in [-0.05, 0) is 97.8 Å². The van der Waals surface area contributed by atoms with Crippen molar-refractivity contribution in [2.45, 2.75) is 64.8 Å². The summed E-state index contributed by atoms with van der Waals surface area (Å²) in [5.74, 6) is 1.99. The third kappa shape index (κ3) is 10.4. The highest BCUT2D eigenvalue weighted by molar-refractivity contribution is 6.13. The molecule has 0 bridgehead atoms. The number of rotatable bonds is 22. The Balaban J connectivity index is 1.01. The van der Waals surface area contributed by atoms with Crippen LogP contribution in [0.15, 0.2) is 84.9 Å². The van der Waals surface area contributed by atoms with Gasteiger partial charge < -0.3 is 62.5 Å². The van der Waals surface area contributed by atoms with E-state index in [1.165, 1.54) is 11.1 Å². The van der Waals surface area contributed by atoms with E-state index in [-0.39, 0.29) is 42.9 Å². The van der Waals surface area contributed by atoms with Gasteiger partial charge in [0.05, 0.1) is 81.8 Å². The highest BCUT2D eigenvalue weighted by Gasteiger charge is 2.41. The molecule has 4 aliphatic rings. The van der Waals surface area contributed by atoms with Crippen molar-refractivity contribution in [3.8, 4) is 23.0 Å². The number of methoxy groups -OCH3 is 3. The van der Waals surface area contributed by atoms with Gasteiger partial charge in [-0.15, -0.1) is 0 Å². The van der Waals surface area contributed by atoms with Crippen LogP contribution in [-0.4, -0.2) is 124 Å². The van der Waals surface area contributed by atoms with Crippen LogP contribution in [0.5, 0.6) is 23.0 Å². The van der Waals surface area contributed by atoms with E-state index in [0.717, 1.165) is 58.0 Å². The van der Waals surface area contributed by atoms with Crippen molar-refractivity contribution in [2.75, 3.05) is 119 Å². The Bertz CT molecular complexity index is 2800. The van der Waals surface area contributed by atoms with E-state index in [1.807, 2.05) is 79.3 Å². The first-order valence-electron chi connectivity index (χ1n) is 24.9. The number of ketones is 1. The number of amides is 2. The predicted octanol–water partition coefficient (Wildman–Crippen LogP) is 8.07. The Hall–Kier alpha value is -6.81. The molecule has 9 rings (SSSR count). The van der Waals surface area contributed by atoms with Crippen LogP contribution in [0.2, 0.25) is 0 Å². The van der Waals surface area contributed by atoms with Gasteiger partial charge in [-0.25, -0.2) is 0 Å². The van der Waals surface area contributed by atoms with Crippen LogP contribution in [0.25, 0.3) is 0 Å². The lowest BCUT2D eigenvalue weighted by molar-refractivity contribution is -0.117. The molecule has 72 heavy (non-hydrogen) atoms. The van der Waals surface area contributed by atoms with Crippen LogP contribution < -0.4 is 43.4 Å². The average Bonchev–Trinajstić information content (AvgIpc) is 3.88. The van der Waals surface area contributed by atoms with Gasteiger partial charge in [-0.3, -0.25) is 9.59 Å². The van der Waals surface area contributed by atoms with Gasteiger partial charge in [0.1, 0.15) is 19.0 Å². The summed E-state index contributed by atoms with van der Waals surface area (Å²) in [4.78, 5) is 51.4. The van der Waals surface area contributed by atoms with E-state index in [1.54, 1.807) is 34.3 Å². The summed E-state index contributed by atoms with van der Waals surface area (Å²) in [5, 5.41) is 0. The Kier molecular flexibility index (Phi) is 15.5. The first kappa shape index (κ1) is 50.1. The third-order valence-electron chi connectivity index (χ3n) is 14.2. The first-order chi connectivity index (χ1) is 35.0. The molecule has 380 valence electrons. The third-order valence-corrected chi connectivity index (χ3v) is 14.2. The summed E-state index contributed by atoms with van der Waals surface area (Å²) in [5.41, 5.74) is 10.4. The maximum absolute atomic E-state index is 14.5. The van der Waals surface area contributed by atoms with Crippen LogP contribution in [0.3, 0.4) is 0 Å². The van der Waals surface area contributed by atoms with Crippen molar-refractivity contribution in [1.29, 1.82) is 0 Å². The number of ether oxygens (including phenoxy) is 7. The first-order valence-corrected chi connectivity index (χ1v) is 24.9. The van der Waals surface area contributed by atoms with Crippen molar-refractivity contribution in [3.63, 3.8) is 0 Å². The molecule has 0 fully saturated rings. The quantitative estimate of drug-likeness (QED) is 0.0621. The zero-order valence-electron chi connectivity index (χ0n) is 42.7. The van der Waals surface area contributed by atoms with Crippen LogP contribution >= 0.6 is 0 Å². The summed E-state index contributed by atoms with van der Waals surface area (Å²) in [6, 6.07) is 28.0. The highest BCUT2D eigenvalue weighted by atomic mass is 16.5. The number of carbonyl (C=O) groups excluding carboxylic acids is 3. The van der Waals surface area contributed by atoms with Crippen molar-refractivity contribution >= 4 is 46.0 Å². The Labute approximate surface area is 423 Å². The monoisotopic (exact) mass is 981 g/mol. The molecule has 15 heteroatoms. The summed E-state index contributed by atoms with van der Waals surface area (Å²) in [7, 11) is 8.88. The van der Waals surface area contributed by atoms with Crippen LogP contribution in [-0.2, 0) is 45.1 Å². The zero-order chi connectivity index (χ0) is 50.5. The Morgan fingerprint density at radius 1 is 0.639 bits per heavy atom. The van der Waals surface area contributed by atoms with Gasteiger partial charge in [-0.1, -0.05) is 36.4 Å². The van der Waals surface area contributed by atoms with Gasteiger partial charge in [-0.2, -0.15) is 0 Å². The van der Waals surface area contributed by atoms with E-state index in [0.29, 0.717) is 106 Å². The molecule has 15 nitrogen and oxygen atoms in total. The van der Waals surface area contributed by atoms with E-state index < -0.39 is 0 Å². The van der Waals surface area contributed by atoms with Crippen molar-refractivity contribution in [2.24, 2.45) is 0 Å². The van der Waals surface area contributed by atoms with E-state index in [4.69, 9.17) is 33.2 Å². The number of fused-ring (bicyclic) bond motifs is 8. The second-order valence-corrected chi connectivity index (χ2v) is 19.1. The van der Waals surface area contributed by atoms with Gasteiger partial charge >= 0.3 is 0 Å². The lowest BCUT2D eigenvalue weighted by Crippen LogP contribution is -2.41. The smallest absolute Gasteiger partial charge is 0.260 e. The number of benzene rings is 5. The van der Waals surface area contributed by atoms with E-state index >= 15 is 0 Å². The fourth-order valence-electron chi connectivity index (χ4n) is 10.8. The predicted molar refractivity (Wildman–Crippen MR) is 279 cm³/mol. The fraction of sp³-hybridized carbons (Fsp3) is 0.421. The Morgan fingerprint density at radius 2 is 1.22 bits per heavy atom. The maximum Gasteiger partial charge on any atom is 0.260 e. The lowest BCUT2D eigenvalue weighted by atomic mass is 10.0. The molecule has 0 saturated carbocycles. The fourth-order valence-corrected chi connectivity index (χ4v) is 10.8. The molecule has 2 atom stereocenters. The number of para-hydroxylation sites is 2. The molecular weight excluding hydrogens is 915 g/mol. The van der Waals surface area contributed by atoms with E-state index in [2.05, 4.69) is 45.0 Å². The van der Waals surface area contributed by atoms with Crippen molar-refractivity contribution in [1.82, 2.24) is 0 Å². The number of likely N-dealkylation sites (N-methyl/N-ethyl adjacent to an activating group) is 2. The Morgan fingerprint density at radius 3 is 1.86 bits per heavy atom. The van der Waals surface area contributed by atoms with E-state index in [9.17, 15) is 14.4 Å². The zero-order valence-corrected chi connectivity index (χ0v) is 42.7. The largest absolute Gasteiger partial charge is 0.493 e. The maximum atomic E-state index is 14.5. The average molecular weight is 982 g/mol. The summed E-state index contributed by atoms with van der Waals surface area (Å²) in [6.45, 7) is 8.76. The van der Waals surface area contributed by atoms with Gasteiger partial charge in [0.2, 0.25) is 0 Å². The lowest BCUT2D eigenvalue weighted by Gasteiger charge is -2.27. The number of hydrogen-bond acceptors (Lipinski definition) is 13. The summed E-state index contributed by atoms with van der Waals surface area (Å²) < 4.78 is 42.2. The highest BCUT2D eigenvalue weighted by Crippen LogP contribution is 2.46. The van der Waals surface area contributed by atoms with Gasteiger partial charge in [0.25, 0.3) is 11.8 Å². The topological polar surface area (TPSA) is 132 Å². The molecule has 0 unspecified atom stereocenters. The number of carbonyl (C=O) groups is 3. The van der Waals surface area contributed by atoms with Gasteiger partial charge in [0, 0.05) is 82.5 Å². The number of anilines is 5. The molecule has 0 radical (unpaired) electrons. The summed E-state index contributed by atoms with van der Waals surface area (Å²) >= 11 is 0. The normalized spacial score (nSPS) is 16.5. The molecule has 2 amide bonds. The molecule has 0 spiro atoms. The second-order valence-electron chi connectivity index (χ2n) is 19.1. The van der Waals surface area contributed by atoms with Crippen molar-refractivity contribution in [3.05, 3.63) is 124 Å². The van der Waals surface area contributed by atoms with Crippen LogP contribution in [0.1, 0.15) is 68.3 Å². The molecule has 4 heterocycles. The van der Waals surface area contributed by atoms with Gasteiger partial charge in [0.15, 0.2) is 23.0 Å². The van der Waals surface area contributed by atoms with Crippen molar-refractivity contribution < 1.29 is 47.5 Å². The molecule has 5 aromatic rings. The SMILES string of the molecule is COCCOCCOCCN(CCCC(C)=O)c1cc(COc2cc3c(cc2OC)C(=O)N2c4ccccc4C[C@H]2CN3C)cc(COc2c(OC)cc3c(c2C)N(C)C[C@@H]2Cc4ccccc4N2C3=O)c1. The standard InChI is InChI=1S/C57H67N5O10/c1-37(63)13-12-18-60(19-20-69-23-24-70-22-21-66-5)43-26-39(35-71-52-32-50-46(30-51(52)67-6)56(64)61-44(33-58(50)3)28-41-14-8-10-16-48(41)61)25-40(27-43)36-72-55-38(2)54-47(31-53(55)68-7)57(65)62-45(34-59(54)4)29-42-15-9-11-17-49(42)62/h8-11,14-17,25-27,30-32,44-45H,12-13,18-24,28-29,33-36H2,1-7H3/t44-,45-/m0/s1. The number of hydrogen-bond donors (Lipinski definition) is 0. The molecule has 5 aromatic carbocycles. The second kappa shape index (κ2) is 22.3. The minimum atomic E-state index is -0.0651. The molecule has 0 saturated heterocycles. The molecule has 0 aromatic heterocycles. The number of Topliss-reactive ketones (excluding diaryl/α,β-unsaturated/α-hetero) is 1. The minimum absolute atomic E-state index is 0.00195. The molecule has 0 aliphatic carbocycles. The molecule has 0 N–H and O–H groups in total.